The van der Waals surface area contributed by atoms with Crippen molar-refractivity contribution in [3.05, 3.63) is 24.3 Å². The van der Waals surface area contributed by atoms with Crippen LogP contribution in [0.15, 0.2) is 24.3 Å². The fourth-order valence-electron chi connectivity index (χ4n) is 3.26. The van der Waals surface area contributed by atoms with Crippen LogP contribution >= 0.6 is 0 Å². The Balaban J connectivity index is 1.64. The monoisotopic (exact) mass is 275 g/mol. The summed E-state index contributed by atoms with van der Waals surface area (Å²) in [6, 6.07) is 6.93. The second-order valence-corrected chi connectivity index (χ2v) is 5.45. The highest BCUT2D eigenvalue weighted by Gasteiger charge is 2.56. The second-order valence-electron chi connectivity index (χ2n) is 5.45. The summed E-state index contributed by atoms with van der Waals surface area (Å²) in [5, 5.41) is 11.5. The van der Waals surface area contributed by atoms with Crippen LogP contribution in [0.4, 0.5) is 5.69 Å². The summed E-state index contributed by atoms with van der Waals surface area (Å²) in [4.78, 5) is 22.7. The topological polar surface area (TPSA) is 75.6 Å². The number of anilines is 1. The summed E-state index contributed by atoms with van der Waals surface area (Å²) in [5.41, 5.74) is 0.545. The first-order chi connectivity index (χ1) is 9.66. The minimum Gasteiger partial charge on any atom is -0.480 e. The maximum atomic E-state index is 12.2. The minimum absolute atomic E-state index is 0.0334. The maximum absolute atomic E-state index is 12.2. The first-order valence-corrected chi connectivity index (χ1v) is 6.91. The molecule has 2 fully saturated rings. The predicted molar refractivity (Wildman–Crippen MR) is 72.5 cm³/mol. The van der Waals surface area contributed by atoms with Gasteiger partial charge in [-0.25, -0.2) is 4.79 Å². The number of fused-ring (bicyclic) bond motifs is 1. The van der Waals surface area contributed by atoms with E-state index in [9.17, 15) is 9.59 Å². The van der Waals surface area contributed by atoms with E-state index in [1.807, 2.05) is 0 Å². The van der Waals surface area contributed by atoms with Crippen LogP contribution in [0.1, 0.15) is 19.3 Å². The average Bonchev–Trinajstić information content (AvgIpc) is 2.91. The van der Waals surface area contributed by atoms with Gasteiger partial charge in [-0.1, -0.05) is 18.6 Å². The molecule has 0 spiro atoms. The lowest BCUT2D eigenvalue weighted by molar-refractivity contribution is -0.139. The van der Waals surface area contributed by atoms with E-state index in [2.05, 4.69) is 5.32 Å². The Hall–Kier alpha value is -2.04. The molecule has 20 heavy (non-hydrogen) atoms. The molecule has 2 aliphatic carbocycles. The molecule has 0 saturated heterocycles. The molecule has 0 bridgehead atoms. The van der Waals surface area contributed by atoms with Gasteiger partial charge in [-0.15, -0.1) is 0 Å². The van der Waals surface area contributed by atoms with Crippen molar-refractivity contribution in [3.8, 4) is 5.75 Å². The van der Waals surface area contributed by atoms with Crippen LogP contribution in [0, 0.1) is 17.8 Å². The van der Waals surface area contributed by atoms with Gasteiger partial charge in [0.05, 0.1) is 5.69 Å². The fourth-order valence-corrected chi connectivity index (χ4v) is 3.26. The predicted octanol–water partition coefficient (Wildman–Crippen LogP) is 2.13. The van der Waals surface area contributed by atoms with Crippen molar-refractivity contribution in [1.29, 1.82) is 0 Å². The molecule has 1 aromatic rings. The highest BCUT2D eigenvalue weighted by Crippen LogP contribution is 2.57. The molecule has 2 N–H and O–H groups in total. The Morgan fingerprint density at radius 3 is 2.65 bits per heavy atom. The smallest absolute Gasteiger partial charge is 0.341 e. The van der Waals surface area contributed by atoms with Crippen molar-refractivity contribution in [2.24, 2.45) is 17.8 Å². The lowest BCUT2D eigenvalue weighted by Gasteiger charge is -2.11. The van der Waals surface area contributed by atoms with Gasteiger partial charge in [0.25, 0.3) is 0 Å². The molecule has 2 aliphatic rings. The maximum Gasteiger partial charge on any atom is 0.341 e. The van der Waals surface area contributed by atoms with Gasteiger partial charge in [0.15, 0.2) is 6.61 Å². The Morgan fingerprint density at radius 1 is 1.25 bits per heavy atom. The number of ether oxygens (including phenoxy) is 1. The Kier molecular flexibility index (Phi) is 3.34. The van der Waals surface area contributed by atoms with Gasteiger partial charge in [0.2, 0.25) is 5.91 Å². The van der Waals surface area contributed by atoms with Gasteiger partial charge < -0.3 is 15.2 Å². The number of para-hydroxylation sites is 2. The second kappa shape index (κ2) is 5.15. The van der Waals surface area contributed by atoms with Gasteiger partial charge >= 0.3 is 5.97 Å². The minimum atomic E-state index is -1.04. The van der Waals surface area contributed by atoms with Gasteiger partial charge in [0.1, 0.15) is 5.75 Å². The summed E-state index contributed by atoms with van der Waals surface area (Å²) in [5.74, 6) is 0.642. The normalized spacial score (nSPS) is 26.7. The van der Waals surface area contributed by atoms with Crippen LogP contribution in [0.3, 0.4) is 0 Å². The quantitative estimate of drug-likeness (QED) is 0.863. The number of benzene rings is 1. The van der Waals surface area contributed by atoms with E-state index in [4.69, 9.17) is 9.84 Å². The number of rotatable bonds is 5. The molecule has 106 valence electrons. The highest BCUT2D eigenvalue weighted by molar-refractivity contribution is 5.96. The fraction of sp³-hybridized carbons (Fsp3) is 0.467. The molecule has 2 saturated carbocycles. The lowest BCUT2D eigenvalue weighted by atomic mass is 10.1. The van der Waals surface area contributed by atoms with Crippen molar-refractivity contribution in [3.63, 3.8) is 0 Å². The van der Waals surface area contributed by atoms with E-state index in [1.165, 1.54) is 6.42 Å². The van der Waals surface area contributed by atoms with Crippen molar-refractivity contribution in [2.45, 2.75) is 19.3 Å². The molecular formula is C15H17NO4. The van der Waals surface area contributed by atoms with Crippen molar-refractivity contribution in [2.75, 3.05) is 11.9 Å². The number of carbonyl (C=O) groups is 2. The van der Waals surface area contributed by atoms with E-state index in [0.29, 0.717) is 23.3 Å². The summed E-state index contributed by atoms with van der Waals surface area (Å²) in [6.45, 7) is -0.415. The molecule has 0 aromatic heterocycles. The third-order valence-electron chi connectivity index (χ3n) is 4.21. The van der Waals surface area contributed by atoms with Crippen molar-refractivity contribution >= 4 is 17.6 Å². The molecule has 3 rings (SSSR count). The van der Waals surface area contributed by atoms with Gasteiger partial charge in [-0.3, -0.25) is 4.79 Å². The van der Waals surface area contributed by atoms with Crippen LogP contribution in [-0.2, 0) is 9.59 Å². The zero-order valence-electron chi connectivity index (χ0n) is 11.0. The van der Waals surface area contributed by atoms with E-state index in [0.717, 1.165) is 12.8 Å². The molecule has 1 amide bonds. The molecule has 1 aromatic carbocycles. The molecule has 0 radical (unpaired) electrons. The molecule has 2 unspecified atom stereocenters. The Bertz CT molecular complexity index is 532. The number of hydrogen-bond acceptors (Lipinski definition) is 3. The molecular weight excluding hydrogens is 258 g/mol. The van der Waals surface area contributed by atoms with E-state index < -0.39 is 12.6 Å². The molecule has 5 nitrogen and oxygen atoms in total. The molecule has 2 atom stereocenters. The summed E-state index contributed by atoms with van der Waals surface area (Å²) in [7, 11) is 0. The van der Waals surface area contributed by atoms with Crippen molar-refractivity contribution < 1.29 is 19.4 Å². The van der Waals surface area contributed by atoms with Crippen LogP contribution in [-0.4, -0.2) is 23.6 Å². The lowest BCUT2D eigenvalue weighted by Crippen LogP contribution is -2.18. The zero-order chi connectivity index (χ0) is 14.1. The van der Waals surface area contributed by atoms with Gasteiger partial charge in [-0.05, 0) is 36.8 Å². The zero-order valence-corrected chi connectivity index (χ0v) is 11.0. The summed E-state index contributed by atoms with van der Waals surface area (Å²) in [6.07, 6.45) is 3.54. The van der Waals surface area contributed by atoms with E-state index in [-0.39, 0.29) is 11.8 Å². The van der Waals surface area contributed by atoms with Gasteiger partial charge in [0, 0.05) is 5.92 Å². The number of carboxylic acid groups (broad SMARTS) is 1. The largest absolute Gasteiger partial charge is 0.480 e. The van der Waals surface area contributed by atoms with Crippen LogP contribution in [0.5, 0.6) is 5.75 Å². The van der Waals surface area contributed by atoms with Crippen LogP contribution < -0.4 is 10.1 Å². The van der Waals surface area contributed by atoms with Gasteiger partial charge in [-0.2, -0.15) is 0 Å². The number of carbonyl (C=O) groups excluding carboxylic acids is 1. The first-order valence-electron chi connectivity index (χ1n) is 6.91. The van der Waals surface area contributed by atoms with E-state index >= 15 is 0 Å². The number of nitrogens with one attached hydrogen (secondary N) is 1. The average molecular weight is 275 g/mol. The van der Waals surface area contributed by atoms with Crippen LogP contribution in [0.2, 0.25) is 0 Å². The molecule has 0 heterocycles. The Morgan fingerprint density at radius 2 is 1.95 bits per heavy atom. The summed E-state index contributed by atoms with van der Waals surface area (Å²) >= 11 is 0. The van der Waals surface area contributed by atoms with Crippen LogP contribution in [0.25, 0.3) is 0 Å². The SMILES string of the molecule is O=C(O)COc1ccccc1NC(=O)C1C2CCCC21. The molecule has 5 heteroatoms. The third-order valence-corrected chi connectivity index (χ3v) is 4.21. The highest BCUT2D eigenvalue weighted by atomic mass is 16.5. The number of carboxylic acids is 1. The molecule has 0 aliphatic heterocycles. The number of amides is 1. The number of hydrogen-bond donors (Lipinski definition) is 2. The number of aliphatic carboxylic acids is 1. The first kappa shape index (κ1) is 13.0. The summed E-state index contributed by atoms with van der Waals surface area (Å²) < 4.78 is 5.18. The standard InChI is InChI=1S/C15H17NO4/c17-13(18)8-20-12-7-2-1-6-11(12)16-15(19)14-9-4-3-5-10(9)14/h1-2,6-7,9-10,14H,3-5,8H2,(H,16,19)(H,17,18). The Labute approximate surface area is 116 Å². The van der Waals surface area contributed by atoms with Crippen molar-refractivity contribution in [1.82, 2.24) is 0 Å². The van der Waals surface area contributed by atoms with E-state index in [1.54, 1.807) is 24.3 Å². The third kappa shape index (κ3) is 2.48.